The third kappa shape index (κ3) is 2.98. The molecule has 0 atom stereocenters. The van der Waals surface area contributed by atoms with Crippen LogP contribution in [0.25, 0.3) is 0 Å². The van der Waals surface area contributed by atoms with Crippen molar-refractivity contribution in [2.45, 2.75) is 0 Å². The Balaban J connectivity index is 2.01. The lowest BCUT2D eigenvalue weighted by Gasteiger charge is -2.06. The van der Waals surface area contributed by atoms with Gasteiger partial charge in [0.2, 0.25) is 0 Å². The number of hydrogen-bond donors (Lipinski definition) is 1. The van der Waals surface area contributed by atoms with Crippen molar-refractivity contribution < 1.29 is 14.3 Å². The summed E-state index contributed by atoms with van der Waals surface area (Å²) in [5.74, 6) is 0.709. The maximum Gasteiger partial charge on any atom is 0.519 e. The minimum Gasteiger partial charge on any atom is -0.396 e. The Hall–Kier alpha value is -2.49. The number of anilines is 1. The number of hydrogen-bond acceptors (Lipinski definition) is 4. The molecule has 86 valence electrons. The van der Waals surface area contributed by atoms with Crippen LogP contribution in [0.1, 0.15) is 0 Å². The fourth-order valence-corrected chi connectivity index (χ4v) is 1.27. The van der Waals surface area contributed by atoms with Gasteiger partial charge < -0.3 is 15.2 Å². The molecule has 2 aromatic carbocycles. The van der Waals surface area contributed by atoms with E-state index in [-0.39, 0.29) is 5.75 Å². The van der Waals surface area contributed by atoms with Gasteiger partial charge in [-0.15, -0.1) is 0 Å². The van der Waals surface area contributed by atoms with Gasteiger partial charge in [0.1, 0.15) is 5.75 Å². The summed E-state index contributed by atoms with van der Waals surface area (Å²) >= 11 is 0. The van der Waals surface area contributed by atoms with Crippen molar-refractivity contribution in [1.29, 1.82) is 0 Å². The molecule has 0 unspecified atom stereocenters. The first-order chi connectivity index (χ1) is 8.25. The number of ether oxygens (including phenoxy) is 2. The largest absolute Gasteiger partial charge is 0.519 e. The smallest absolute Gasteiger partial charge is 0.396 e. The number of nitrogens with two attached hydrogens (primary N) is 1. The van der Waals surface area contributed by atoms with E-state index in [1.54, 1.807) is 48.5 Å². The molecule has 0 heterocycles. The van der Waals surface area contributed by atoms with Crippen LogP contribution in [-0.2, 0) is 0 Å². The number of para-hydroxylation sites is 3. The van der Waals surface area contributed by atoms with Crippen molar-refractivity contribution in [3.8, 4) is 11.5 Å². The highest BCUT2D eigenvalue weighted by molar-refractivity contribution is 5.69. The van der Waals surface area contributed by atoms with Crippen molar-refractivity contribution in [2.24, 2.45) is 0 Å². The van der Waals surface area contributed by atoms with E-state index in [0.29, 0.717) is 11.4 Å². The molecular formula is C13H11NO3. The maximum absolute atomic E-state index is 11.4. The zero-order valence-corrected chi connectivity index (χ0v) is 9.00. The van der Waals surface area contributed by atoms with Gasteiger partial charge in [0, 0.05) is 0 Å². The topological polar surface area (TPSA) is 61.5 Å². The Kier molecular flexibility index (Phi) is 3.25. The van der Waals surface area contributed by atoms with Gasteiger partial charge in [-0.2, -0.15) is 0 Å². The second-order valence-corrected chi connectivity index (χ2v) is 3.31. The van der Waals surface area contributed by atoms with Crippen molar-refractivity contribution in [2.75, 3.05) is 5.73 Å². The lowest BCUT2D eigenvalue weighted by atomic mass is 10.3. The van der Waals surface area contributed by atoms with Crippen LogP contribution in [0, 0.1) is 0 Å². The van der Waals surface area contributed by atoms with Crippen LogP contribution < -0.4 is 15.2 Å². The molecule has 17 heavy (non-hydrogen) atoms. The molecule has 0 aliphatic heterocycles. The van der Waals surface area contributed by atoms with Crippen LogP contribution in [0.4, 0.5) is 10.5 Å². The molecule has 2 N–H and O–H groups in total. The number of carbonyl (C=O) groups excluding carboxylic acids is 1. The van der Waals surface area contributed by atoms with Crippen LogP contribution in [0.5, 0.6) is 11.5 Å². The fraction of sp³-hybridized carbons (Fsp3) is 0. The van der Waals surface area contributed by atoms with Crippen molar-refractivity contribution in [3.05, 3.63) is 54.6 Å². The second kappa shape index (κ2) is 5.03. The summed E-state index contributed by atoms with van der Waals surface area (Å²) in [5, 5.41) is 0. The van der Waals surface area contributed by atoms with Gasteiger partial charge >= 0.3 is 6.16 Å². The van der Waals surface area contributed by atoms with Gasteiger partial charge in [-0.25, -0.2) is 4.79 Å². The highest BCUT2D eigenvalue weighted by Crippen LogP contribution is 2.20. The van der Waals surface area contributed by atoms with E-state index in [1.165, 1.54) is 0 Å². The van der Waals surface area contributed by atoms with E-state index in [4.69, 9.17) is 15.2 Å². The molecule has 0 aromatic heterocycles. The SMILES string of the molecule is Nc1ccccc1OC(=O)Oc1ccccc1. The maximum atomic E-state index is 11.4. The molecule has 4 nitrogen and oxygen atoms in total. The Morgan fingerprint density at radius 1 is 0.882 bits per heavy atom. The summed E-state index contributed by atoms with van der Waals surface area (Å²) < 4.78 is 9.92. The van der Waals surface area contributed by atoms with Crippen LogP contribution in [0.2, 0.25) is 0 Å². The zero-order valence-electron chi connectivity index (χ0n) is 9.00. The summed E-state index contributed by atoms with van der Waals surface area (Å²) in [6, 6.07) is 15.4. The highest BCUT2D eigenvalue weighted by Gasteiger charge is 2.09. The zero-order chi connectivity index (χ0) is 12.1. The number of benzene rings is 2. The highest BCUT2D eigenvalue weighted by atomic mass is 16.7. The molecule has 0 aliphatic carbocycles. The van der Waals surface area contributed by atoms with E-state index < -0.39 is 6.16 Å². The Morgan fingerprint density at radius 3 is 2.24 bits per heavy atom. The first-order valence-electron chi connectivity index (χ1n) is 5.05. The third-order valence-corrected chi connectivity index (χ3v) is 2.06. The Morgan fingerprint density at radius 2 is 1.53 bits per heavy atom. The third-order valence-electron chi connectivity index (χ3n) is 2.06. The van der Waals surface area contributed by atoms with E-state index in [1.807, 2.05) is 6.07 Å². The van der Waals surface area contributed by atoms with Gasteiger partial charge in [-0.3, -0.25) is 0 Å². The van der Waals surface area contributed by atoms with Gasteiger partial charge in [0.15, 0.2) is 5.75 Å². The Labute approximate surface area is 98.6 Å². The minimum absolute atomic E-state index is 0.286. The van der Waals surface area contributed by atoms with Crippen LogP contribution >= 0.6 is 0 Å². The first-order valence-corrected chi connectivity index (χ1v) is 5.05. The number of nitrogen functional groups attached to an aromatic ring is 1. The van der Waals surface area contributed by atoms with E-state index >= 15 is 0 Å². The van der Waals surface area contributed by atoms with E-state index in [9.17, 15) is 4.79 Å². The molecule has 0 radical (unpaired) electrons. The van der Waals surface area contributed by atoms with Gasteiger partial charge in [0.05, 0.1) is 5.69 Å². The van der Waals surface area contributed by atoms with E-state index in [0.717, 1.165) is 0 Å². The van der Waals surface area contributed by atoms with Crippen LogP contribution in [0.15, 0.2) is 54.6 Å². The molecule has 0 spiro atoms. The molecule has 0 saturated carbocycles. The van der Waals surface area contributed by atoms with Crippen LogP contribution in [-0.4, -0.2) is 6.16 Å². The predicted molar refractivity (Wildman–Crippen MR) is 63.9 cm³/mol. The standard InChI is InChI=1S/C13H11NO3/c14-11-8-4-5-9-12(11)17-13(15)16-10-6-2-1-3-7-10/h1-9H,14H2. The summed E-state index contributed by atoms with van der Waals surface area (Å²) in [5.41, 5.74) is 6.02. The van der Waals surface area contributed by atoms with Gasteiger partial charge in [-0.1, -0.05) is 30.3 Å². The number of rotatable bonds is 2. The molecule has 0 fully saturated rings. The predicted octanol–water partition coefficient (Wildman–Crippen LogP) is 2.85. The van der Waals surface area contributed by atoms with Crippen molar-refractivity contribution in [3.63, 3.8) is 0 Å². The monoisotopic (exact) mass is 229 g/mol. The summed E-state index contributed by atoms with van der Waals surface area (Å²) in [6.45, 7) is 0. The molecule has 2 rings (SSSR count). The van der Waals surface area contributed by atoms with Crippen molar-refractivity contribution >= 4 is 11.8 Å². The van der Waals surface area contributed by atoms with Gasteiger partial charge in [-0.05, 0) is 24.3 Å². The molecule has 4 heteroatoms. The van der Waals surface area contributed by atoms with Crippen LogP contribution in [0.3, 0.4) is 0 Å². The molecule has 0 amide bonds. The quantitative estimate of drug-likeness (QED) is 0.488. The lowest BCUT2D eigenvalue weighted by molar-refractivity contribution is 0.152. The molecule has 0 bridgehead atoms. The average Bonchev–Trinajstić information content (AvgIpc) is 2.33. The molecule has 0 aliphatic rings. The Bertz CT molecular complexity index is 511. The molecule has 0 saturated heterocycles. The molecular weight excluding hydrogens is 218 g/mol. The minimum atomic E-state index is -0.811. The van der Waals surface area contributed by atoms with Gasteiger partial charge in [0.25, 0.3) is 0 Å². The summed E-state index contributed by atoms with van der Waals surface area (Å²) in [4.78, 5) is 11.4. The second-order valence-electron chi connectivity index (χ2n) is 3.31. The summed E-state index contributed by atoms with van der Waals surface area (Å²) in [6.07, 6.45) is -0.811. The normalized spacial score (nSPS) is 9.65. The average molecular weight is 229 g/mol. The van der Waals surface area contributed by atoms with E-state index in [2.05, 4.69) is 0 Å². The van der Waals surface area contributed by atoms with Crippen molar-refractivity contribution in [1.82, 2.24) is 0 Å². The number of carbonyl (C=O) groups is 1. The summed E-state index contributed by atoms with van der Waals surface area (Å²) in [7, 11) is 0. The molecule has 2 aromatic rings. The lowest BCUT2D eigenvalue weighted by Crippen LogP contribution is -2.14. The first kappa shape index (κ1) is 11.0. The fourth-order valence-electron chi connectivity index (χ4n) is 1.27.